The van der Waals surface area contributed by atoms with Crippen molar-refractivity contribution in [1.29, 1.82) is 0 Å². The first-order chi connectivity index (χ1) is 9.48. The number of hydrogen-bond acceptors (Lipinski definition) is 4. The summed E-state index contributed by atoms with van der Waals surface area (Å²) in [6.07, 6.45) is 0.851. The minimum absolute atomic E-state index is 0.148. The first-order valence-corrected chi connectivity index (χ1v) is 8.36. The molecule has 2 heterocycles. The van der Waals surface area contributed by atoms with Gasteiger partial charge in [0.2, 0.25) is 10.0 Å². The maximum atomic E-state index is 12.6. The van der Waals surface area contributed by atoms with Crippen molar-refractivity contribution in [1.82, 2.24) is 4.31 Å². The topological polar surface area (TPSA) is 66.8 Å². The number of hydrogen-bond donors (Lipinski definition) is 1. The lowest BCUT2D eigenvalue weighted by atomic mass is 9.98. The Kier molecular flexibility index (Phi) is 3.48. The van der Waals surface area contributed by atoms with Crippen LogP contribution in [0.5, 0.6) is 5.75 Å². The highest BCUT2D eigenvalue weighted by Crippen LogP contribution is 2.30. The van der Waals surface area contributed by atoms with Gasteiger partial charge in [-0.15, -0.1) is 0 Å². The van der Waals surface area contributed by atoms with E-state index in [9.17, 15) is 13.5 Å². The highest BCUT2D eigenvalue weighted by atomic mass is 32.2. The van der Waals surface area contributed by atoms with Gasteiger partial charge in [0.25, 0.3) is 0 Å². The summed E-state index contributed by atoms with van der Waals surface area (Å²) < 4.78 is 32.0. The largest absolute Gasteiger partial charge is 0.493 e. The molecule has 0 bridgehead atoms. The Morgan fingerprint density at radius 1 is 1.40 bits per heavy atom. The van der Waals surface area contributed by atoms with E-state index in [1.165, 1.54) is 4.31 Å². The summed E-state index contributed by atoms with van der Waals surface area (Å²) in [5.41, 5.74) is 0.942. The van der Waals surface area contributed by atoms with Crippen molar-refractivity contribution in [3.05, 3.63) is 23.8 Å². The average Bonchev–Trinajstić information content (AvgIpc) is 2.89. The molecule has 1 aromatic carbocycles. The van der Waals surface area contributed by atoms with Crippen molar-refractivity contribution in [2.45, 2.75) is 30.8 Å². The highest BCUT2D eigenvalue weighted by Gasteiger charge is 2.33. The van der Waals surface area contributed by atoms with Crippen molar-refractivity contribution in [2.24, 2.45) is 5.92 Å². The number of aliphatic hydroxyl groups excluding tert-OH is 1. The third-order valence-electron chi connectivity index (χ3n) is 4.18. The Morgan fingerprint density at radius 2 is 2.20 bits per heavy atom. The molecule has 110 valence electrons. The van der Waals surface area contributed by atoms with E-state index >= 15 is 0 Å². The fraction of sp³-hybridized carbons (Fsp3) is 0.571. The minimum atomic E-state index is -3.52. The Bertz CT molecular complexity index is 614. The van der Waals surface area contributed by atoms with Gasteiger partial charge in [-0.05, 0) is 36.1 Å². The number of aliphatic hydroxyl groups is 1. The van der Waals surface area contributed by atoms with Crippen LogP contribution in [0.25, 0.3) is 0 Å². The Balaban J connectivity index is 1.88. The van der Waals surface area contributed by atoms with Crippen LogP contribution in [-0.2, 0) is 16.4 Å². The molecule has 1 fully saturated rings. The normalized spacial score (nSPS) is 27.1. The molecule has 5 nitrogen and oxygen atoms in total. The fourth-order valence-electron chi connectivity index (χ4n) is 2.71. The molecule has 2 aliphatic heterocycles. The third-order valence-corrected chi connectivity index (χ3v) is 6.04. The SMILES string of the molecule is CC1CCN(S(=O)(=O)c2ccc3c(c2)CCO3)CC1O. The lowest BCUT2D eigenvalue weighted by Gasteiger charge is -2.33. The number of ether oxygens (including phenoxy) is 1. The second-order valence-corrected chi connectivity index (χ2v) is 7.50. The zero-order valence-electron chi connectivity index (χ0n) is 11.4. The molecule has 1 N–H and O–H groups in total. The Labute approximate surface area is 119 Å². The zero-order chi connectivity index (χ0) is 14.3. The molecular weight excluding hydrogens is 278 g/mol. The number of benzene rings is 1. The van der Waals surface area contributed by atoms with Crippen molar-refractivity contribution in [3.8, 4) is 5.75 Å². The number of β-amino-alcohol motifs (C(OH)–C–C–N with tert-alkyl or cyclic N) is 1. The van der Waals surface area contributed by atoms with Crippen molar-refractivity contribution in [2.75, 3.05) is 19.7 Å². The van der Waals surface area contributed by atoms with Gasteiger partial charge >= 0.3 is 0 Å². The van der Waals surface area contributed by atoms with E-state index in [-0.39, 0.29) is 12.5 Å². The van der Waals surface area contributed by atoms with Crippen molar-refractivity contribution >= 4 is 10.0 Å². The fourth-order valence-corrected chi connectivity index (χ4v) is 4.23. The van der Waals surface area contributed by atoms with Gasteiger partial charge in [-0.1, -0.05) is 6.92 Å². The van der Waals surface area contributed by atoms with Crippen molar-refractivity contribution in [3.63, 3.8) is 0 Å². The predicted molar refractivity (Wildman–Crippen MR) is 74.2 cm³/mol. The highest BCUT2D eigenvalue weighted by molar-refractivity contribution is 7.89. The number of nitrogens with zero attached hydrogens (tertiary/aromatic N) is 1. The van der Waals surface area contributed by atoms with Crippen LogP contribution in [-0.4, -0.2) is 43.6 Å². The summed E-state index contributed by atoms with van der Waals surface area (Å²) in [5, 5.41) is 9.89. The number of piperidine rings is 1. The maximum Gasteiger partial charge on any atom is 0.243 e. The van der Waals surface area contributed by atoms with Gasteiger partial charge < -0.3 is 9.84 Å². The third kappa shape index (κ3) is 2.32. The van der Waals surface area contributed by atoms with E-state index < -0.39 is 16.1 Å². The van der Waals surface area contributed by atoms with Gasteiger partial charge in [0, 0.05) is 19.5 Å². The van der Waals surface area contributed by atoms with Gasteiger partial charge in [0.05, 0.1) is 17.6 Å². The maximum absolute atomic E-state index is 12.6. The van der Waals surface area contributed by atoms with Crippen LogP contribution in [0, 0.1) is 5.92 Å². The van der Waals surface area contributed by atoms with Crippen LogP contribution in [0.1, 0.15) is 18.9 Å². The van der Waals surface area contributed by atoms with E-state index in [2.05, 4.69) is 0 Å². The van der Waals surface area contributed by atoms with Crippen molar-refractivity contribution < 1.29 is 18.3 Å². The van der Waals surface area contributed by atoms with Gasteiger partial charge in [0.15, 0.2) is 0 Å². The molecule has 3 rings (SSSR count). The van der Waals surface area contributed by atoms with Gasteiger partial charge in [0.1, 0.15) is 5.75 Å². The quantitative estimate of drug-likeness (QED) is 0.885. The summed E-state index contributed by atoms with van der Waals surface area (Å²) in [4.78, 5) is 0.295. The van der Waals surface area contributed by atoms with E-state index in [1.807, 2.05) is 6.92 Å². The predicted octanol–water partition coefficient (Wildman–Crippen LogP) is 1.01. The number of rotatable bonds is 2. The van der Waals surface area contributed by atoms with E-state index in [4.69, 9.17) is 4.74 Å². The van der Waals surface area contributed by atoms with E-state index in [0.29, 0.717) is 24.5 Å². The van der Waals surface area contributed by atoms with Crippen LogP contribution in [0.2, 0.25) is 0 Å². The molecule has 0 aliphatic carbocycles. The molecule has 2 atom stereocenters. The summed E-state index contributed by atoms with van der Waals surface area (Å²) in [6, 6.07) is 5.00. The summed E-state index contributed by atoms with van der Waals surface area (Å²) in [7, 11) is -3.52. The smallest absolute Gasteiger partial charge is 0.243 e. The van der Waals surface area contributed by atoms with Crippen LogP contribution < -0.4 is 4.74 Å². The summed E-state index contributed by atoms with van der Waals surface area (Å²) >= 11 is 0. The molecule has 2 unspecified atom stereocenters. The molecule has 0 radical (unpaired) electrons. The first kappa shape index (κ1) is 13.9. The van der Waals surface area contributed by atoms with Gasteiger partial charge in [-0.3, -0.25) is 0 Å². The van der Waals surface area contributed by atoms with Crippen LogP contribution in [0.3, 0.4) is 0 Å². The molecule has 0 saturated carbocycles. The molecule has 1 aromatic rings. The van der Waals surface area contributed by atoms with Gasteiger partial charge in [-0.2, -0.15) is 4.31 Å². The lowest BCUT2D eigenvalue weighted by molar-refractivity contribution is 0.0605. The second-order valence-electron chi connectivity index (χ2n) is 5.56. The van der Waals surface area contributed by atoms with E-state index in [1.54, 1.807) is 18.2 Å². The monoisotopic (exact) mass is 297 g/mol. The standard InChI is InChI=1S/C14H19NO4S/c1-10-4-6-15(9-13(10)16)20(17,18)12-2-3-14-11(8-12)5-7-19-14/h2-3,8,10,13,16H,4-7,9H2,1H3. The first-order valence-electron chi connectivity index (χ1n) is 6.92. The molecule has 0 spiro atoms. The molecular formula is C14H19NO4S. The van der Waals surface area contributed by atoms with Crippen LogP contribution in [0.15, 0.2) is 23.1 Å². The summed E-state index contributed by atoms with van der Waals surface area (Å²) in [5.74, 6) is 0.922. The van der Waals surface area contributed by atoms with Crippen LogP contribution in [0.4, 0.5) is 0 Å². The number of sulfonamides is 1. The summed E-state index contributed by atoms with van der Waals surface area (Å²) in [6.45, 7) is 3.20. The molecule has 0 aromatic heterocycles. The molecule has 0 amide bonds. The minimum Gasteiger partial charge on any atom is -0.493 e. The van der Waals surface area contributed by atoms with Gasteiger partial charge in [-0.25, -0.2) is 8.42 Å². The van der Waals surface area contributed by atoms with E-state index in [0.717, 1.165) is 17.7 Å². The lowest BCUT2D eigenvalue weighted by Crippen LogP contribution is -2.45. The average molecular weight is 297 g/mol. The molecule has 20 heavy (non-hydrogen) atoms. The molecule has 1 saturated heterocycles. The zero-order valence-corrected chi connectivity index (χ0v) is 12.3. The molecule has 2 aliphatic rings. The Hall–Kier alpha value is -1.11. The molecule has 6 heteroatoms. The van der Waals surface area contributed by atoms with Crippen LogP contribution >= 0.6 is 0 Å². The number of fused-ring (bicyclic) bond motifs is 1. The second kappa shape index (κ2) is 5.02. The Morgan fingerprint density at radius 3 is 2.95 bits per heavy atom.